The highest BCUT2D eigenvalue weighted by atomic mass is 32.1. The summed E-state index contributed by atoms with van der Waals surface area (Å²) in [6.45, 7) is 0. The van der Waals surface area contributed by atoms with E-state index in [0.29, 0.717) is 5.00 Å². The molecule has 4 nitrogen and oxygen atoms in total. The van der Waals surface area contributed by atoms with Crippen LogP contribution in [0.2, 0.25) is 0 Å². The minimum atomic E-state index is -0.968. The van der Waals surface area contributed by atoms with E-state index in [4.69, 9.17) is 5.11 Å². The number of carboxylic acids is 1. The van der Waals surface area contributed by atoms with Crippen LogP contribution in [-0.4, -0.2) is 17.0 Å². The molecule has 1 saturated carbocycles. The average molecular weight is 287 g/mol. The summed E-state index contributed by atoms with van der Waals surface area (Å²) in [5.74, 6) is -0.718. The Morgan fingerprint density at radius 2 is 1.90 bits per heavy atom. The minimum Gasteiger partial charge on any atom is -0.477 e. The summed E-state index contributed by atoms with van der Waals surface area (Å²) in [7, 11) is 0. The Labute approximate surface area is 120 Å². The fourth-order valence-corrected chi connectivity index (χ4v) is 3.04. The zero-order valence-corrected chi connectivity index (χ0v) is 11.4. The molecule has 3 rings (SSSR count). The fraction of sp³-hybridized carbons (Fsp3) is 0.200. The Kier molecular flexibility index (Phi) is 3.28. The van der Waals surface area contributed by atoms with Gasteiger partial charge in [-0.25, -0.2) is 4.79 Å². The highest BCUT2D eigenvalue weighted by Gasteiger charge is 2.43. The maximum atomic E-state index is 12.1. The third-order valence-corrected chi connectivity index (χ3v) is 4.41. The summed E-state index contributed by atoms with van der Waals surface area (Å²) in [6.07, 6.45) is 0.854. The molecule has 2 atom stereocenters. The predicted octanol–water partition coefficient (Wildman–Crippen LogP) is 3.19. The first-order chi connectivity index (χ1) is 9.65. The first-order valence-corrected chi connectivity index (χ1v) is 7.16. The standard InChI is InChI=1S/C15H13NO3S/c17-14(16-13-7-6-12(20-13)15(18)19)11-8-10(11)9-4-2-1-3-5-9/h1-7,10-11H,8H2,(H,16,17)(H,18,19). The van der Waals surface area contributed by atoms with Crippen LogP contribution in [0.15, 0.2) is 42.5 Å². The van der Waals surface area contributed by atoms with Gasteiger partial charge in [0.25, 0.3) is 0 Å². The van der Waals surface area contributed by atoms with Crippen molar-refractivity contribution in [2.45, 2.75) is 12.3 Å². The van der Waals surface area contributed by atoms with Crippen molar-refractivity contribution in [3.8, 4) is 0 Å². The van der Waals surface area contributed by atoms with E-state index in [2.05, 4.69) is 5.32 Å². The van der Waals surface area contributed by atoms with Gasteiger partial charge in [0.2, 0.25) is 5.91 Å². The molecule has 2 N–H and O–H groups in total. The lowest BCUT2D eigenvalue weighted by Gasteiger charge is -2.02. The van der Waals surface area contributed by atoms with E-state index in [9.17, 15) is 9.59 Å². The molecule has 102 valence electrons. The van der Waals surface area contributed by atoms with Gasteiger partial charge >= 0.3 is 5.97 Å². The number of benzene rings is 1. The number of carboxylic acid groups (broad SMARTS) is 1. The van der Waals surface area contributed by atoms with Gasteiger partial charge in [-0.15, -0.1) is 11.3 Å². The van der Waals surface area contributed by atoms with Gasteiger partial charge in [-0.05, 0) is 30.0 Å². The molecule has 2 unspecified atom stereocenters. The third-order valence-electron chi connectivity index (χ3n) is 3.42. The van der Waals surface area contributed by atoms with Gasteiger partial charge in [0, 0.05) is 5.92 Å². The Balaban J connectivity index is 1.62. The van der Waals surface area contributed by atoms with Gasteiger partial charge in [0.05, 0.1) is 5.00 Å². The van der Waals surface area contributed by atoms with Crippen molar-refractivity contribution in [1.82, 2.24) is 0 Å². The number of hydrogen-bond acceptors (Lipinski definition) is 3. The molecule has 0 saturated heterocycles. The molecule has 5 heteroatoms. The number of amides is 1. The van der Waals surface area contributed by atoms with Crippen molar-refractivity contribution >= 4 is 28.2 Å². The molecule has 1 aliphatic carbocycles. The Bertz CT molecular complexity index is 650. The lowest BCUT2D eigenvalue weighted by molar-refractivity contribution is -0.117. The van der Waals surface area contributed by atoms with Crippen LogP contribution in [0.3, 0.4) is 0 Å². The van der Waals surface area contributed by atoms with E-state index < -0.39 is 5.97 Å². The van der Waals surface area contributed by atoms with E-state index in [1.165, 1.54) is 11.6 Å². The Morgan fingerprint density at radius 3 is 2.55 bits per heavy atom. The van der Waals surface area contributed by atoms with Crippen LogP contribution >= 0.6 is 11.3 Å². The molecule has 1 heterocycles. The van der Waals surface area contributed by atoms with Crippen LogP contribution in [0.5, 0.6) is 0 Å². The van der Waals surface area contributed by atoms with Crippen molar-refractivity contribution in [3.05, 3.63) is 52.9 Å². The summed E-state index contributed by atoms with van der Waals surface area (Å²) in [5.41, 5.74) is 1.19. The van der Waals surface area contributed by atoms with Crippen LogP contribution in [-0.2, 0) is 4.79 Å². The van der Waals surface area contributed by atoms with E-state index in [1.54, 1.807) is 6.07 Å². The molecule has 1 fully saturated rings. The summed E-state index contributed by atoms with van der Waals surface area (Å²) in [5, 5.41) is 12.2. The van der Waals surface area contributed by atoms with Gasteiger partial charge in [-0.2, -0.15) is 0 Å². The number of anilines is 1. The lowest BCUT2D eigenvalue weighted by atomic mass is 10.1. The minimum absolute atomic E-state index is 0.00669. The maximum Gasteiger partial charge on any atom is 0.345 e. The van der Waals surface area contributed by atoms with Gasteiger partial charge in [-0.3, -0.25) is 4.79 Å². The maximum absolute atomic E-state index is 12.1. The molecule has 20 heavy (non-hydrogen) atoms. The van der Waals surface area contributed by atoms with Gasteiger partial charge in [-0.1, -0.05) is 30.3 Å². The van der Waals surface area contributed by atoms with Crippen molar-refractivity contribution in [3.63, 3.8) is 0 Å². The zero-order valence-electron chi connectivity index (χ0n) is 10.6. The second-order valence-corrected chi connectivity index (χ2v) is 5.90. The van der Waals surface area contributed by atoms with Gasteiger partial charge < -0.3 is 10.4 Å². The largest absolute Gasteiger partial charge is 0.477 e. The summed E-state index contributed by atoms with van der Waals surface area (Å²) < 4.78 is 0. The topological polar surface area (TPSA) is 66.4 Å². The molecule has 1 amide bonds. The molecule has 0 spiro atoms. The Hall–Kier alpha value is -2.14. The van der Waals surface area contributed by atoms with Gasteiger partial charge in [0.15, 0.2) is 0 Å². The molecule has 1 aromatic heterocycles. The van der Waals surface area contributed by atoms with Crippen molar-refractivity contribution in [2.24, 2.45) is 5.92 Å². The predicted molar refractivity (Wildman–Crippen MR) is 77.2 cm³/mol. The zero-order chi connectivity index (χ0) is 14.1. The van der Waals surface area contributed by atoms with Crippen LogP contribution in [0, 0.1) is 5.92 Å². The van der Waals surface area contributed by atoms with Crippen LogP contribution in [0.25, 0.3) is 0 Å². The van der Waals surface area contributed by atoms with Crippen LogP contribution in [0.1, 0.15) is 27.6 Å². The summed E-state index contributed by atoms with van der Waals surface area (Å²) in [4.78, 5) is 23.1. The van der Waals surface area contributed by atoms with Crippen molar-refractivity contribution in [1.29, 1.82) is 0 Å². The molecule has 0 radical (unpaired) electrons. The normalized spacial score (nSPS) is 20.4. The van der Waals surface area contributed by atoms with Gasteiger partial charge in [0.1, 0.15) is 4.88 Å². The number of rotatable bonds is 4. The quantitative estimate of drug-likeness (QED) is 0.907. The molecule has 2 aromatic rings. The molecule has 0 bridgehead atoms. The number of carbonyl (C=O) groups is 2. The highest BCUT2D eigenvalue weighted by Crippen LogP contribution is 2.48. The van der Waals surface area contributed by atoms with Crippen LogP contribution < -0.4 is 5.32 Å². The third kappa shape index (κ3) is 2.58. The highest BCUT2D eigenvalue weighted by molar-refractivity contribution is 7.18. The number of nitrogens with one attached hydrogen (secondary N) is 1. The molecule has 1 aliphatic rings. The fourth-order valence-electron chi connectivity index (χ4n) is 2.29. The first kappa shape index (κ1) is 12.9. The first-order valence-electron chi connectivity index (χ1n) is 6.34. The summed E-state index contributed by atoms with van der Waals surface area (Å²) >= 11 is 1.08. The second kappa shape index (κ2) is 5.09. The Morgan fingerprint density at radius 1 is 1.15 bits per heavy atom. The number of aromatic carboxylic acids is 1. The number of hydrogen-bond donors (Lipinski definition) is 2. The summed E-state index contributed by atoms with van der Waals surface area (Å²) in [6, 6.07) is 13.1. The number of thiophene rings is 1. The number of carbonyl (C=O) groups excluding carboxylic acids is 1. The second-order valence-electron chi connectivity index (χ2n) is 4.82. The van der Waals surface area contributed by atoms with Crippen molar-refractivity contribution in [2.75, 3.05) is 5.32 Å². The molecule has 1 aromatic carbocycles. The van der Waals surface area contributed by atoms with E-state index in [0.717, 1.165) is 17.8 Å². The average Bonchev–Trinajstić information content (AvgIpc) is 3.12. The lowest BCUT2D eigenvalue weighted by Crippen LogP contribution is -2.13. The van der Waals surface area contributed by atoms with Crippen LogP contribution in [0.4, 0.5) is 5.00 Å². The van der Waals surface area contributed by atoms with E-state index in [1.807, 2.05) is 30.3 Å². The monoisotopic (exact) mass is 287 g/mol. The SMILES string of the molecule is O=C(O)c1ccc(NC(=O)C2CC2c2ccccc2)s1. The van der Waals surface area contributed by atoms with E-state index >= 15 is 0 Å². The molecular formula is C15H13NO3S. The van der Waals surface area contributed by atoms with Crippen molar-refractivity contribution < 1.29 is 14.7 Å². The molecular weight excluding hydrogens is 274 g/mol. The molecule has 0 aliphatic heterocycles. The smallest absolute Gasteiger partial charge is 0.345 e. The van der Waals surface area contributed by atoms with E-state index in [-0.39, 0.29) is 22.6 Å².